The maximum Gasteiger partial charge on any atom is 0.336 e. The van der Waals surface area contributed by atoms with Crippen LogP contribution in [-0.2, 0) is 0 Å². The summed E-state index contributed by atoms with van der Waals surface area (Å²) in [5, 5.41) is 11.4. The largest absolute Gasteiger partial charge is 0.478 e. The lowest BCUT2D eigenvalue weighted by molar-refractivity contribution is 0.0697. The van der Waals surface area contributed by atoms with Crippen LogP contribution in [0, 0.1) is 0 Å². The van der Waals surface area contributed by atoms with Crippen molar-refractivity contribution in [1.82, 2.24) is 0 Å². The zero-order valence-electron chi connectivity index (χ0n) is 11.1. The van der Waals surface area contributed by atoms with E-state index in [4.69, 9.17) is 0 Å². The molecule has 1 N–H and O–H groups in total. The molecule has 98 valence electrons. The first kappa shape index (κ1) is 13.3. The third-order valence-corrected chi connectivity index (χ3v) is 3.21. The molecule has 0 radical (unpaired) electrons. The SMILES string of the molecule is CCCCC=Cc1c(C(=O)O)ccc2ccccc12. The molecule has 0 heterocycles. The van der Waals surface area contributed by atoms with Crippen LogP contribution in [0.15, 0.2) is 42.5 Å². The van der Waals surface area contributed by atoms with Crippen molar-refractivity contribution in [1.29, 1.82) is 0 Å². The van der Waals surface area contributed by atoms with E-state index in [9.17, 15) is 9.90 Å². The van der Waals surface area contributed by atoms with E-state index in [1.54, 1.807) is 6.07 Å². The van der Waals surface area contributed by atoms with Gasteiger partial charge >= 0.3 is 5.97 Å². The Labute approximate surface area is 113 Å². The summed E-state index contributed by atoms with van der Waals surface area (Å²) in [4.78, 5) is 11.3. The number of carboxylic acids is 1. The minimum absolute atomic E-state index is 0.367. The van der Waals surface area contributed by atoms with Gasteiger partial charge in [-0.2, -0.15) is 0 Å². The fraction of sp³-hybridized carbons (Fsp3) is 0.235. The third-order valence-electron chi connectivity index (χ3n) is 3.21. The van der Waals surface area contributed by atoms with E-state index in [1.807, 2.05) is 36.4 Å². The van der Waals surface area contributed by atoms with Crippen LogP contribution in [0.1, 0.15) is 42.1 Å². The van der Waals surface area contributed by atoms with Gasteiger partial charge in [0.2, 0.25) is 0 Å². The molecule has 2 nitrogen and oxygen atoms in total. The molecule has 2 heteroatoms. The number of aromatic carboxylic acids is 1. The summed E-state index contributed by atoms with van der Waals surface area (Å²) in [6, 6.07) is 11.4. The van der Waals surface area contributed by atoms with E-state index < -0.39 is 5.97 Å². The molecule has 0 fully saturated rings. The summed E-state index contributed by atoms with van der Waals surface area (Å²) in [7, 11) is 0. The summed E-state index contributed by atoms with van der Waals surface area (Å²) in [6.07, 6.45) is 7.27. The molecule has 0 spiro atoms. The van der Waals surface area contributed by atoms with Crippen LogP contribution in [0.2, 0.25) is 0 Å². The number of fused-ring (bicyclic) bond motifs is 1. The molecule has 0 saturated carbocycles. The van der Waals surface area contributed by atoms with Crippen molar-refractivity contribution in [3.63, 3.8) is 0 Å². The average Bonchev–Trinajstić information content (AvgIpc) is 2.43. The molecular formula is C17H18O2. The van der Waals surface area contributed by atoms with Gasteiger partial charge in [-0.25, -0.2) is 4.79 Å². The zero-order valence-corrected chi connectivity index (χ0v) is 11.1. The molecule has 0 atom stereocenters. The lowest BCUT2D eigenvalue weighted by Crippen LogP contribution is -1.99. The minimum Gasteiger partial charge on any atom is -0.478 e. The minimum atomic E-state index is -0.874. The lowest BCUT2D eigenvalue weighted by atomic mass is 9.98. The number of carboxylic acid groups (broad SMARTS) is 1. The second-order valence-electron chi connectivity index (χ2n) is 4.60. The molecule has 2 aromatic rings. The molecule has 0 amide bonds. The number of hydrogen-bond donors (Lipinski definition) is 1. The van der Waals surface area contributed by atoms with Gasteiger partial charge in [0.25, 0.3) is 0 Å². The Morgan fingerprint density at radius 2 is 2.00 bits per heavy atom. The summed E-state index contributed by atoms with van der Waals surface area (Å²) in [5.74, 6) is -0.874. The summed E-state index contributed by atoms with van der Waals surface area (Å²) in [5.41, 5.74) is 1.17. The second-order valence-corrected chi connectivity index (χ2v) is 4.60. The fourth-order valence-corrected chi connectivity index (χ4v) is 2.18. The number of hydrogen-bond acceptors (Lipinski definition) is 1. The van der Waals surface area contributed by atoms with E-state index in [0.717, 1.165) is 35.6 Å². The quantitative estimate of drug-likeness (QED) is 0.782. The van der Waals surface area contributed by atoms with Gasteiger partial charge in [0.1, 0.15) is 0 Å². The van der Waals surface area contributed by atoms with Crippen LogP contribution in [0.4, 0.5) is 0 Å². The normalized spacial score (nSPS) is 11.2. The highest BCUT2D eigenvalue weighted by molar-refractivity contribution is 6.02. The summed E-state index contributed by atoms with van der Waals surface area (Å²) < 4.78 is 0. The van der Waals surface area contributed by atoms with Crippen molar-refractivity contribution in [2.45, 2.75) is 26.2 Å². The average molecular weight is 254 g/mol. The summed E-state index contributed by atoms with van der Waals surface area (Å²) >= 11 is 0. The fourth-order valence-electron chi connectivity index (χ4n) is 2.18. The molecular weight excluding hydrogens is 236 g/mol. The predicted molar refractivity (Wildman–Crippen MR) is 79.5 cm³/mol. The number of carbonyl (C=O) groups is 1. The van der Waals surface area contributed by atoms with E-state index in [-0.39, 0.29) is 0 Å². The predicted octanol–water partition coefficient (Wildman–Crippen LogP) is 4.74. The Kier molecular flexibility index (Phi) is 4.35. The Bertz CT molecular complexity index is 612. The van der Waals surface area contributed by atoms with Gasteiger partial charge in [-0.3, -0.25) is 0 Å². The van der Waals surface area contributed by atoms with Crippen molar-refractivity contribution >= 4 is 22.8 Å². The first-order chi connectivity index (χ1) is 9.24. The van der Waals surface area contributed by atoms with E-state index in [2.05, 4.69) is 13.0 Å². The molecule has 19 heavy (non-hydrogen) atoms. The lowest BCUT2D eigenvalue weighted by Gasteiger charge is -2.06. The van der Waals surface area contributed by atoms with Crippen LogP contribution in [0.25, 0.3) is 16.8 Å². The van der Waals surface area contributed by atoms with Gasteiger partial charge in [0.05, 0.1) is 5.56 Å². The highest BCUT2D eigenvalue weighted by Gasteiger charge is 2.10. The van der Waals surface area contributed by atoms with Gasteiger partial charge in [-0.1, -0.05) is 62.2 Å². The molecule has 0 unspecified atom stereocenters. The monoisotopic (exact) mass is 254 g/mol. The molecule has 2 rings (SSSR count). The molecule has 0 saturated heterocycles. The van der Waals surface area contributed by atoms with Crippen molar-refractivity contribution in [3.05, 3.63) is 53.6 Å². The van der Waals surface area contributed by atoms with Gasteiger partial charge in [-0.15, -0.1) is 0 Å². The number of allylic oxidation sites excluding steroid dienone is 1. The molecule has 0 aromatic heterocycles. The van der Waals surface area contributed by atoms with Crippen molar-refractivity contribution < 1.29 is 9.90 Å². The highest BCUT2D eigenvalue weighted by atomic mass is 16.4. The van der Waals surface area contributed by atoms with Crippen molar-refractivity contribution in [2.75, 3.05) is 0 Å². The zero-order chi connectivity index (χ0) is 13.7. The van der Waals surface area contributed by atoms with Crippen LogP contribution >= 0.6 is 0 Å². The standard InChI is InChI=1S/C17H18O2/c1-2-3-4-5-10-15-14-9-7-6-8-13(14)11-12-16(15)17(18)19/h5-12H,2-4H2,1H3,(H,18,19). The van der Waals surface area contributed by atoms with Gasteiger partial charge in [0, 0.05) is 0 Å². The van der Waals surface area contributed by atoms with Crippen LogP contribution in [0.5, 0.6) is 0 Å². The topological polar surface area (TPSA) is 37.3 Å². The highest BCUT2D eigenvalue weighted by Crippen LogP contribution is 2.24. The van der Waals surface area contributed by atoms with E-state index >= 15 is 0 Å². The molecule has 2 aromatic carbocycles. The first-order valence-electron chi connectivity index (χ1n) is 6.65. The van der Waals surface area contributed by atoms with Gasteiger partial charge in [-0.05, 0) is 28.8 Å². The Morgan fingerprint density at radius 1 is 1.21 bits per heavy atom. The van der Waals surface area contributed by atoms with E-state index in [0.29, 0.717) is 5.56 Å². The van der Waals surface area contributed by atoms with Gasteiger partial charge in [0.15, 0.2) is 0 Å². The van der Waals surface area contributed by atoms with Gasteiger partial charge < -0.3 is 5.11 Å². The van der Waals surface area contributed by atoms with Crippen molar-refractivity contribution in [2.24, 2.45) is 0 Å². The number of rotatable bonds is 5. The molecule has 0 aliphatic carbocycles. The van der Waals surface area contributed by atoms with Crippen LogP contribution in [0.3, 0.4) is 0 Å². The van der Waals surface area contributed by atoms with Crippen LogP contribution in [-0.4, -0.2) is 11.1 Å². The van der Waals surface area contributed by atoms with E-state index in [1.165, 1.54) is 0 Å². The van der Waals surface area contributed by atoms with Crippen LogP contribution < -0.4 is 0 Å². The second kappa shape index (κ2) is 6.19. The maximum atomic E-state index is 11.3. The maximum absolute atomic E-state index is 11.3. The molecule has 0 aliphatic heterocycles. The number of benzene rings is 2. The molecule has 0 bridgehead atoms. The first-order valence-corrected chi connectivity index (χ1v) is 6.65. The third kappa shape index (κ3) is 3.02. The Hall–Kier alpha value is -2.09. The smallest absolute Gasteiger partial charge is 0.336 e. The Morgan fingerprint density at radius 3 is 2.74 bits per heavy atom. The van der Waals surface area contributed by atoms with Crippen molar-refractivity contribution in [3.8, 4) is 0 Å². The molecule has 0 aliphatic rings. The Balaban J connectivity index is 2.50. The number of unbranched alkanes of at least 4 members (excludes halogenated alkanes) is 2. The summed E-state index contributed by atoms with van der Waals surface area (Å²) in [6.45, 7) is 2.15.